The van der Waals surface area contributed by atoms with Crippen molar-refractivity contribution in [1.82, 2.24) is 5.32 Å². The van der Waals surface area contributed by atoms with Crippen LogP contribution in [0.25, 0.3) is 0 Å². The highest BCUT2D eigenvalue weighted by Gasteiger charge is 2.15. The van der Waals surface area contributed by atoms with E-state index in [0.717, 1.165) is 25.9 Å². The van der Waals surface area contributed by atoms with Gasteiger partial charge in [-0.1, -0.05) is 20.8 Å². The van der Waals surface area contributed by atoms with Gasteiger partial charge in [0.15, 0.2) is 0 Å². The third-order valence-electron chi connectivity index (χ3n) is 2.04. The Morgan fingerprint density at radius 3 is 2.50 bits per heavy atom. The number of aliphatic hydroxyl groups excluding tert-OH is 1. The zero-order valence-electron chi connectivity index (χ0n) is 8.69. The van der Waals surface area contributed by atoms with Crippen LogP contribution in [0.15, 0.2) is 0 Å². The molecule has 0 rings (SSSR count). The Morgan fingerprint density at radius 1 is 1.33 bits per heavy atom. The van der Waals surface area contributed by atoms with Crippen molar-refractivity contribution in [2.24, 2.45) is 5.41 Å². The zero-order valence-corrected chi connectivity index (χ0v) is 8.69. The number of hydrogen-bond donors (Lipinski definition) is 2. The highest BCUT2D eigenvalue weighted by Crippen LogP contribution is 2.20. The minimum absolute atomic E-state index is 0.317. The Kier molecular flexibility index (Phi) is 6.39. The zero-order chi connectivity index (χ0) is 9.45. The van der Waals surface area contributed by atoms with Gasteiger partial charge in [0, 0.05) is 13.2 Å². The van der Waals surface area contributed by atoms with Crippen LogP contribution in [0.2, 0.25) is 0 Å². The molecule has 0 aliphatic rings. The van der Waals surface area contributed by atoms with Gasteiger partial charge in [0.2, 0.25) is 0 Å². The molecular formula is C10H23NO. The van der Waals surface area contributed by atoms with Crippen LogP contribution >= 0.6 is 0 Å². The van der Waals surface area contributed by atoms with Crippen LogP contribution in [0, 0.1) is 5.41 Å². The molecule has 0 spiro atoms. The summed E-state index contributed by atoms with van der Waals surface area (Å²) in [6, 6.07) is 0. The highest BCUT2D eigenvalue weighted by molar-refractivity contribution is 4.70. The largest absolute Gasteiger partial charge is 0.396 e. The molecule has 0 aromatic rings. The molecule has 0 atom stereocenters. The molecule has 0 unspecified atom stereocenters. The summed E-state index contributed by atoms with van der Waals surface area (Å²) < 4.78 is 0. The lowest BCUT2D eigenvalue weighted by atomic mass is 9.88. The maximum Gasteiger partial charge on any atom is 0.0431 e. The average molecular weight is 173 g/mol. The predicted molar refractivity (Wildman–Crippen MR) is 53.3 cm³/mol. The van der Waals surface area contributed by atoms with Crippen molar-refractivity contribution in [3.05, 3.63) is 0 Å². The van der Waals surface area contributed by atoms with Crippen LogP contribution in [0.4, 0.5) is 0 Å². The lowest BCUT2D eigenvalue weighted by Crippen LogP contribution is -2.30. The summed E-state index contributed by atoms with van der Waals surface area (Å²) >= 11 is 0. The summed E-state index contributed by atoms with van der Waals surface area (Å²) in [4.78, 5) is 0. The van der Waals surface area contributed by atoms with Crippen molar-refractivity contribution in [2.75, 3.05) is 19.7 Å². The lowest BCUT2D eigenvalue weighted by Gasteiger charge is -2.24. The SMILES string of the molecule is CCCNCC(C)(C)CCCO. The number of hydrogen-bond acceptors (Lipinski definition) is 2. The number of aliphatic hydroxyl groups is 1. The van der Waals surface area contributed by atoms with E-state index in [9.17, 15) is 0 Å². The normalized spacial score (nSPS) is 12.0. The first kappa shape index (κ1) is 11.9. The summed E-state index contributed by atoms with van der Waals surface area (Å²) in [6.07, 6.45) is 3.21. The monoisotopic (exact) mass is 173 g/mol. The Labute approximate surface area is 76.4 Å². The van der Waals surface area contributed by atoms with Crippen LogP contribution in [-0.2, 0) is 0 Å². The quantitative estimate of drug-likeness (QED) is 0.575. The third kappa shape index (κ3) is 6.62. The molecule has 2 N–H and O–H groups in total. The van der Waals surface area contributed by atoms with E-state index in [2.05, 4.69) is 26.1 Å². The summed E-state index contributed by atoms with van der Waals surface area (Å²) in [5.41, 5.74) is 0.331. The van der Waals surface area contributed by atoms with E-state index in [-0.39, 0.29) is 0 Å². The lowest BCUT2D eigenvalue weighted by molar-refractivity contribution is 0.237. The van der Waals surface area contributed by atoms with E-state index >= 15 is 0 Å². The van der Waals surface area contributed by atoms with Crippen LogP contribution in [0.3, 0.4) is 0 Å². The molecule has 0 radical (unpaired) electrons. The predicted octanol–water partition coefficient (Wildman–Crippen LogP) is 1.78. The van der Waals surface area contributed by atoms with Crippen molar-refractivity contribution >= 4 is 0 Å². The van der Waals surface area contributed by atoms with E-state index in [1.54, 1.807) is 0 Å². The molecule has 0 heterocycles. The first-order valence-corrected chi connectivity index (χ1v) is 4.94. The molecule has 0 saturated heterocycles. The topological polar surface area (TPSA) is 32.3 Å². The molecule has 0 fully saturated rings. The average Bonchev–Trinajstić information content (AvgIpc) is 2.01. The molecular weight excluding hydrogens is 150 g/mol. The molecule has 74 valence electrons. The van der Waals surface area contributed by atoms with Crippen LogP contribution < -0.4 is 5.32 Å². The standard InChI is InChI=1S/C10H23NO/c1-4-7-11-9-10(2,3)6-5-8-12/h11-12H,4-9H2,1-3H3. The molecule has 0 amide bonds. The van der Waals surface area contributed by atoms with E-state index in [1.807, 2.05) is 0 Å². The minimum Gasteiger partial charge on any atom is -0.396 e. The summed E-state index contributed by atoms with van der Waals surface area (Å²) in [7, 11) is 0. The molecule has 2 heteroatoms. The van der Waals surface area contributed by atoms with E-state index in [4.69, 9.17) is 5.11 Å². The van der Waals surface area contributed by atoms with Gasteiger partial charge in [-0.2, -0.15) is 0 Å². The van der Waals surface area contributed by atoms with Crippen molar-refractivity contribution < 1.29 is 5.11 Å². The van der Waals surface area contributed by atoms with Gasteiger partial charge in [0.1, 0.15) is 0 Å². The Bertz CT molecular complexity index is 102. The van der Waals surface area contributed by atoms with Gasteiger partial charge < -0.3 is 10.4 Å². The van der Waals surface area contributed by atoms with Gasteiger partial charge in [0.25, 0.3) is 0 Å². The van der Waals surface area contributed by atoms with Crippen LogP contribution in [-0.4, -0.2) is 24.8 Å². The van der Waals surface area contributed by atoms with Gasteiger partial charge in [-0.25, -0.2) is 0 Å². The van der Waals surface area contributed by atoms with Crippen molar-refractivity contribution in [1.29, 1.82) is 0 Å². The Hall–Kier alpha value is -0.0800. The van der Waals surface area contributed by atoms with Crippen LogP contribution in [0.1, 0.15) is 40.0 Å². The number of rotatable bonds is 7. The van der Waals surface area contributed by atoms with E-state index in [0.29, 0.717) is 12.0 Å². The summed E-state index contributed by atoms with van der Waals surface area (Å²) in [5.74, 6) is 0. The molecule has 0 aliphatic carbocycles. The smallest absolute Gasteiger partial charge is 0.0431 e. The fourth-order valence-corrected chi connectivity index (χ4v) is 1.25. The fraction of sp³-hybridized carbons (Fsp3) is 1.00. The van der Waals surface area contributed by atoms with Gasteiger partial charge in [-0.3, -0.25) is 0 Å². The number of nitrogens with one attached hydrogen (secondary N) is 1. The maximum absolute atomic E-state index is 8.68. The second kappa shape index (κ2) is 6.44. The molecule has 12 heavy (non-hydrogen) atoms. The van der Waals surface area contributed by atoms with Crippen molar-refractivity contribution in [3.63, 3.8) is 0 Å². The molecule has 2 nitrogen and oxygen atoms in total. The van der Waals surface area contributed by atoms with Gasteiger partial charge in [-0.05, 0) is 31.2 Å². The second-order valence-corrected chi connectivity index (χ2v) is 4.17. The first-order chi connectivity index (χ1) is 5.62. The summed E-state index contributed by atoms with van der Waals surface area (Å²) in [6.45, 7) is 9.13. The first-order valence-electron chi connectivity index (χ1n) is 4.94. The molecule has 0 saturated carbocycles. The Balaban J connectivity index is 3.42. The second-order valence-electron chi connectivity index (χ2n) is 4.17. The third-order valence-corrected chi connectivity index (χ3v) is 2.04. The molecule has 0 aliphatic heterocycles. The van der Waals surface area contributed by atoms with Crippen LogP contribution in [0.5, 0.6) is 0 Å². The van der Waals surface area contributed by atoms with E-state index < -0.39 is 0 Å². The molecule has 0 aromatic carbocycles. The van der Waals surface area contributed by atoms with E-state index in [1.165, 1.54) is 6.42 Å². The Morgan fingerprint density at radius 2 is 2.00 bits per heavy atom. The minimum atomic E-state index is 0.317. The summed E-state index contributed by atoms with van der Waals surface area (Å²) in [5, 5.41) is 12.1. The molecule has 0 aromatic heterocycles. The van der Waals surface area contributed by atoms with Gasteiger partial charge >= 0.3 is 0 Å². The van der Waals surface area contributed by atoms with Gasteiger partial charge in [-0.15, -0.1) is 0 Å². The maximum atomic E-state index is 8.68. The highest BCUT2D eigenvalue weighted by atomic mass is 16.2. The van der Waals surface area contributed by atoms with Crippen molar-refractivity contribution in [2.45, 2.75) is 40.0 Å². The molecule has 0 bridgehead atoms. The van der Waals surface area contributed by atoms with Crippen molar-refractivity contribution in [3.8, 4) is 0 Å². The van der Waals surface area contributed by atoms with Gasteiger partial charge in [0.05, 0.1) is 0 Å². The fourth-order valence-electron chi connectivity index (χ4n) is 1.25.